The largest absolute Gasteiger partial charge is 0.338 e. The Labute approximate surface area is 101 Å². The Morgan fingerprint density at radius 3 is 2.59 bits per heavy atom. The van der Waals surface area contributed by atoms with Gasteiger partial charge in [-0.3, -0.25) is 4.79 Å². The van der Waals surface area contributed by atoms with E-state index in [1.165, 1.54) is 6.92 Å². The number of hydrogen-bond acceptors (Lipinski definition) is 2. The van der Waals surface area contributed by atoms with Gasteiger partial charge in [0, 0.05) is 17.8 Å². The van der Waals surface area contributed by atoms with E-state index in [0.29, 0.717) is 23.7 Å². The fraction of sp³-hybridized carbons (Fsp3) is 0.385. The maximum Gasteiger partial charge on any atom is 0.319 e. The van der Waals surface area contributed by atoms with E-state index in [9.17, 15) is 9.59 Å². The lowest BCUT2D eigenvalue weighted by atomic mass is 10.1. The summed E-state index contributed by atoms with van der Waals surface area (Å²) >= 11 is 0. The monoisotopic (exact) mass is 234 g/mol. The van der Waals surface area contributed by atoms with E-state index < -0.39 is 0 Å². The molecule has 1 aromatic carbocycles. The van der Waals surface area contributed by atoms with Gasteiger partial charge in [0.15, 0.2) is 5.78 Å². The highest BCUT2D eigenvalue weighted by Crippen LogP contribution is 2.10. The van der Waals surface area contributed by atoms with Gasteiger partial charge in [-0.15, -0.1) is 0 Å². The Morgan fingerprint density at radius 1 is 1.29 bits per heavy atom. The topological polar surface area (TPSA) is 58.2 Å². The third-order valence-corrected chi connectivity index (χ3v) is 2.20. The van der Waals surface area contributed by atoms with Crippen LogP contribution in [0, 0.1) is 5.92 Å². The van der Waals surface area contributed by atoms with Crippen LogP contribution in [0.5, 0.6) is 0 Å². The Hall–Kier alpha value is -1.84. The van der Waals surface area contributed by atoms with E-state index >= 15 is 0 Å². The average molecular weight is 234 g/mol. The van der Waals surface area contributed by atoms with E-state index in [0.717, 1.165) is 0 Å². The van der Waals surface area contributed by atoms with Crippen molar-refractivity contribution in [2.75, 3.05) is 11.9 Å². The average Bonchev–Trinajstić information content (AvgIpc) is 2.26. The van der Waals surface area contributed by atoms with Crippen LogP contribution in [0.4, 0.5) is 10.5 Å². The zero-order valence-corrected chi connectivity index (χ0v) is 10.4. The summed E-state index contributed by atoms with van der Waals surface area (Å²) in [6, 6.07) is 6.63. The number of benzene rings is 1. The van der Waals surface area contributed by atoms with Crippen LogP contribution in [0.3, 0.4) is 0 Å². The first-order valence-electron chi connectivity index (χ1n) is 5.65. The van der Waals surface area contributed by atoms with Gasteiger partial charge in [0.25, 0.3) is 0 Å². The quantitative estimate of drug-likeness (QED) is 0.787. The van der Waals surface area contributed by atoms with Gasteiger partial charge in [-0.05, 0) is 25.0 Å². The molecule has 4 nitrogen and oxygen atoms in total. The number of anilines is 1. The number of hydrogen-bond donors (Lipinski definition) is 2. The van der Waals surface area contributed by atoms with E-state index in [1.807, 2.05) is 13.8 Å². The number of carbonyl (C=O) groups excluding carboxylic acids is 2. The fourth-order valence-electron chi connectivity index (χ4n) is 1.29. The first-order valence-corrected chi connectivity index (χ1v) is 5.65. The Morgan fingerprint density at radius 2 is 2.00 bits per heavy atom. The lowest BCUT2D eigenvalue weighted by Crippen LogP contribution is -2.31. The molecule has 0 aliphatic rings. The summed E-state index contributed by atoms with van der Waals surface area (Å²) in [5.41, 5.74) is 1.21. The van der Waals surface area contributed by atoms with Gasteiger partial charge in [0.2, 0.25) is 0 Å². The molecule has 2 N–H and O–H groups in total. The van der Waals surface area contributed by atoms with Crippen LogP contribution in [0.15, 0.2) is 24.3 Å². The number of nitrogens with one attached hydrogen (secondary N) is 2. The summed E-state index contributed by atoms with van der Waals surface area (Å²) < 4.78 is 0. The molecule has 1 aromatic rings. The zero-order chi connectivity index (χ0) is 12.8. The summed E-state index contributed by atoms with van der Waals surface area (Å²) in [6.07, 6.45) is 0. The summed E-state index contributed by atoms with van der Waals surface area (Å²) in [5.74, 6) is 0.389. The molecule has 0 atom stereocenters. The third-order valence-electron chi connectivity index (χ3n) is 2.20. The van der Waals surface area contributed by atoms with Crippen molar-refractivity contribution in [1.29, 1.82) is 0 Å². The minimum absolute atomic E-state index is 0.0174. The van der Waals surface area contributed by atoms with Crippen molar-refractivity contribution in [1.82, 2.24) is 5.32 Å². The molecule has 0 aromatic heterocycles. The molecule has 0 aliphatic heterocycles. The second kappa shape index (κ2) is 6.03. The first-order chi connectivity index (χ1) is 7.99. The molecule has 0 bridgehead atoms. The molecule has 17 heavy (non-hydrogen) atoms. The van der Waals surface area contributed by atoms with Crippen molar-refractivity contribution in [3.63, 3.8) is 0 Å². The summed E-state index contributed by atoms with van der Waals surface area (Å²) in [7, 11) is 0. The summed E-state index contributed by atoms with van der Waals surface area (Å²) in [4.78, 5) is 22.7. The van der Waals surface area contributed by atoms with E-state index in [2.05, 4.69) is 10.6 Å². The SMILES string of the molecule is CC(=O)c1cccc(NC(=O)NCC(C)C)c1. The van der Waals surface area contributed by atoms with Gasteiger partial charge in [-0.2, -0.15) is 0 Å². The molecule has 0 heterocycles. The molecule has 0 saturated carbocycles. The predicted molar refractivity (Wildman–Crippen MR) is 68.3 cm³/mol. The summed E-state index contributed by atoms with van der Waals surface area (Å²) in [5, 5.41) is 5.43. The van der Waals surface area contributed by atoms with E-state index in [-0.39, 0.29) is 11.8 Å². The van der Waals surface area contributed by atoms with Crippen LogP contribution < -0.4 is 10.6 Å². The number of rotatable bonds is 4. The van der Waals surface area contributed by atoms with Gasteiger partial charge in [-0.1, -0.05) is 26.0 Å². The van der Waals surface area contributed by atoms with Crippen LogP contribution in [0.2, 0.25) is 0 Å². The second-order valence-corrected chi connectivity index (χ2v) is 4.37. The molecular formula is C13H18N2O2. The molecule has 1 rings (SSSR count). The van der Waals surface area contributed by atoms with Crippen molar-refractivity contribution in [3.8, 4) is 0 Å². The molecule has 0 spiro atoms. The smallest absolute Gasteiger partial charge is 0.319 e. The van der Waals surface area contributed by atoms with Gasteiger partial charge < -0.3 is 10.6 Å². The Bertz CT molecular complexity index is 414. The number of amides is 2. The Balaban J connectivity index is 2.59. The first kappa shape index (κ1) is 13.2. The number of carbonyl (C=O) groups is 2. The second-order valence-electron chi connectivity index (χ2n) is 4.37. The lowest BCUT2D eigenvalue weighted by molar-refractivity contribution is 0.101. The lowest BCUT2D eigenvalue weighted by Gasteiger charge is -2.09. The number of ketones is 1. The van der Waals surface area contributed by atoms with Crippen LogP contribution >= 0.6 is 0 Å². The van der Waals surface area contributed by atoms with Gasteiger partial charge >= 0.3 is 6.03 Å². The molecule has 92 valence electrons. The predicted octanol–water partition coefficient (Wildman–Crippen LogP) is 2.67. The highest BCUT2D eigenvalue weighted by atomic mass is 16.2. The minimum Gasteiger partial charge on any atom is -0.338 e. The van der Waals surface area contributed by atoms with Crippen LogP contribution in [0.25, 0.3) is 0 Å². The van der Waals surface area contributed by atoms with Crippen LogP contribution in [-0.4, -0.2) is 18.4 Å². The van der Waals surface area contributed by atoms with Crippen molar-refractivity contribution in [3.05, 3.63) is 29.8 Å². The molecule has 0 radical (unpaired) electrons. The fourth-order valence-corrected chi connectivity index (χ4v) is 1.29. The Kier molecular flexibility index (Phi) is 4.69. The van der Waals surface area contributed by atoms with Crippen molar-refractivity contribution in [2.24, 2.45) is 5.92 Å². The van der Waals surface area contributed by atoms with Crippen molar-refractivity contribution in [2.45, 2.75) is 20.8 Å². The zero-order valence-electron chi connectivity index (χ0n) is 10.4. The summed E-state index contributed by atoms with van der Waals surface area (Å²) in [6.45, 7) is 6.17. The molecule has 0 aliphatic carbocycles. The van der Waals surface area contributed by atoms with Gasteiger partial charge in [-0.25, -0.2) is 4.79 Å². The van der Waals surface area contributed by atoms with Crippen LogP contribution in [0.1, 0.15) is 31.1 Å². The maximum absolute atomic E-state index is 11.5. The highest BCUT2D eigenvalue weighted by molar-refractivity contribution is 5.96. The highest BCUT2D eigenvalue weighted by Gasteiger charge is 2.04. The number of Topliss-reactive ketones (excluding diaryl/α,β-unsaturated/α-hetero) is 1. The van der Waals surface area contributed by atoms with Gasteiger partial charge in [0.05, 0.1) is 0 Å². The molecule has 4 heteroatoms. The molecular weight excluding hydrogens is 216 g/mol. The van der Waals surface area contributed by atoms with Crippen LogP contribution in [-0.2, 0) is 0 Å². The number of urea groups is 1. The van der Waals surface area contributed by atoms with E-state index in [1.54, 1.807) is 24.3 Å². The van der Waals surface area contributed by atoms with Crippen molar-refractivity contribution >= 4 is 17.5 Å². The van der Waals surface area contributed by atoms with Crippen molar-refractivity contribution < 1.29 is 9.59 Å². The molecule has 0 unspecified atom stereocenters. The van der Waals surface area contributed by atoms with E-state index in [4.69, 9.17) is 0 Å². The maximum atomic E-state index is 11.5. The molecule has 0 saturated heterocycles. The van der Waals surface area contributed by atoms with Gasteiger partial charge in [0.1, 0.15) is 0 Å². The normalized spacial score (nSPS) is 10.1. The minimum atomic E-state index is -0.251. The molecule has 2 amide bonds. The molecule has 0 fully saturated rings. The standard InChI is InChI=1S/C13H18N2O2/c1-9(2)8-14-13(17)15-12-6-4-5-11(7-12)10(3)16/h4-7,9H,8H2,1-3H3,(H2,14,15,17). The third kappa shape index (κ3) is 4.68.